The molecule has 0 aromatic heterocycles. The summed E-state index contributed by atoms with van der Waals surface area (Å²) >= 11 is 0. The van der Waals surface area contributed by atoms with E-state index in [9.17, 15) is 0 Å². The van der Waals surface area contributed by atoms with Gasteiger partial charge in [-0.05, 0) is 11.8 Å². The molecule has 0 rings (SSSR count). The highest BCUT2D eigenvalue weighted by atomic mass is 14.1. The summed E-state index contributed by atoms with van der Waals surface area (Å²) in [6.45, 7) is 9.35. The average molecular weight is 240 g/mol. The third kappa shape index (κ3) is 9.68. The predicted molar refractivity (Wildman–Crippen MR) is 80.5 cm³/mol. The van der Waals surface area contributed by atoms with E-state index in [4.69, 9.17) is 0 Å². The second kappa shape index (κ2) is 12.5. The number of rotatable bonds is 12. The van der Waals surface area contributed by atoms with Crippen molar-refractivity contribution in [3.63, 3.8) is 0 Å². The predicted octanol–water partition coefficient (Wildman–Crippen LogP) is 6.59. The van der Waals surface area contributed by atoms with Gasteiger partial charge < -0.3 is 0 Å². The van der Waals surface area contributed by atoms with Gasteiger partial charge in [0.25, 0.3) is 0 Å². The van der Waals surface area contributed by atoms with E-state index >= 15 is 0 Å². The molecule has 0 fully saturated rings. The molecule has 0 aromatic carbocycles. The summed E-state index contributed by atoms with van der Waals surface area (Å²) in [5, 5.41) is 0. The Hall–Kier alpha value is 0. The van der Waals surface area contributed by atoms with Crippen LogP contribution in [0.4, 0.5) is 0 Å². The number of unbranched alkanes of at least 4 members (excludes halogenated alkanes) is 3. The smallest absolute Gasteiger partial charge is 0.0417 e. The molecule has 0 aliphatic carbocycles. The van der Waals surface area contributed by atoms with Crippen LogP contribution in [0, 0.1) is 11.8 Å². The lowest BCUT2D eigenvalue weighted by molar-refractivity contribution is 0.395. The number of hydrogen-bond acceptors (Lipinski definition) is 0. The van der Waals surface area contributed by atoms with Crippen LogP contribution in [0.3, 0.4) is 0 Å². The fraction of sp³-hybridized carbons (Fsp3) is 1.00. The summed E-state index contributed by atoms with van der Waals surface area (Å²) in [5.74, 6) is 2.01. The first kappa shape index (κ1) is 17.0. The van der Waals surface area contributed by atoms with Crippen molar-refractivity contribution in [2.75, 3.05) is 0 Å². The Morgan fingerprint density at radius 2 is 1.00 bits per heavy atom. The van der Waals surface area contributed by atoms with Crippen molar-refractivity contribution < 1.29 is 0 Å². The van der Waals surface area contributed by atoms with E-state index in [0.29, 0.717) is 0 Å². The summed E-state index contributed by atoms with van der Waals surface area (Å²) in [6, 6.07) is 0. The highest BCUT2D eigenvalue weighted by Crippen LogP contribution is 2.21. The lowest BCUT2D eigenvalue weighted by atomic mass is 9.92. The second-order valence-corrected chi connectivity index (χ2v) is 5.74. The van der Waals surface area contributed by atoms with Gasteiger partial charge in [-0.3, -0.25) is 0 Å². The maximum atomic E-state index is 2.35. The molecule has 104 valence electrons. The first-order chi connectivity index (χ1) is 8.28. The third-order valence-electron chi connectivity index (χ3n) is 4.40. The molecule has 0 spiro atoms. The molecule has 1 unspecified atom stereocenters. The van der Waals surface area contributed by atoms with Crippen LogP contribution in [-0.4, -0.2) is 0 Å². The third-order valence-corrected chi connectivity index (χ3v) is 4.40. The summed E-state index contributed by atoms with van der Waals surface area (Å²) in [5.41, 5.74) is 0. The van der Waals surface area contributed by atoms with E-state index < -0.39 is 0 Å². The Morgan fingerprint density at radius 1 is 0.529 bits per heavy atom. The Kier molecular flexibility index (Phi) is 12.5. The average Bonchev–Trinajstić information content (AvgIpc) is 2.36. The minimum Gasteiger partial charge on any atom is -0.0654 e. The van der Waals surface area contributed by atoms with Crippen molar-refractivity contribution in [2.45, 2.75) is 98.3 Å². The van der Waals surface area contributed by atoms with Gasteiger partial charge in [0.1, 0.15) is 0 Å². The van der Waals surface area contributed by atoms with E-state index in [-0.39, 0.29) is 0 Å². The van der Waals surface area contributed by atoms with Crippen molar-refractivity contribution in [2.24, 2.45) is 11.8 Å². The summed E-state index contributed by atoms with van der Waals surface area (Å²) in [4.78, 5) is 0. The SMILES string of the molecule is CCCC(CC)CCCCCCC(CC)CC. The monoisotopic (exact) mass is 240 g/mol. The zero-order chi connectivity index (χ0) is 12.9. The minimum atomic E-state index is 0.999. The van der Waals surface area contributed by atoms with E-state index in [2.05, 4.69) is 27.7 Å². The van der Waals surface area contributed by atoms with Gasteiger partial charge in [0, 0.05) is 0 Å². The highest BCUT2D eigenvalue weighted by molar-refractivity contribution is 4.58. The van der Waals surface area contributed by atoms with Gasteiger partial charge in [0.15, 0.2) is 0 Å². The van der Waals surface area contributed by atoms with Crippen molar-refractivity contribution in [3.8, 4) is 0 Å². The Balaban J connectivity index is 3.33. The van der Waals surface area contributed by atoms with E-state index in [1.54, 1.807) is 0 Å². The van der Waals surface area contributed by atoms with Gasteiger partial charge >= 0.3 is 0 Å². The molecule has 0 aromatic rings. The van der Waals surface area contributed by atoms with Crippen LogP contribution in [0.1, 0.15) is 98.3 Å². The number of hydrogen-bond donors (Lipinski definition) is 0. The molecule has 0 saturated heterocycles. The fourth-order valence-corrected chi connectivity index (χ4v) is 2.88. The van der Waals surface area contributed by atoms with Crippen molar-refractivity contribution in [3.05, 3.63) is 0 Å². The lowest BCUT2D eigenvalue weighted by Crippen LogP contribution is -1.99. The van der Waals surface area contributed by atoms with Crippen LogP contribution < -0.4 is 0 Å². The topological polar surface area (TPSA) is 0 Å². The zero-order valence-electron chi connectivity index (χ0n) is 12.9. The van der Waals surface area contributed by atoms with Crippen molar-refractivity contribution >= 4 is 0 Å². The normalized spacial score (nSPS) is 13.2. The molecule has 0 aliphatic rings. The van der Waals surface area contributed by atoms with Crippen LogP contribution >= 0.6 is 0 Å². The molecular formula is C17H36. The van der Waals surface area contributed by atoms with Crippen molar-refractivity contribution in [1.29, 1.82) is 0 Å². The minimum absolute atomic E-state index is 0.999. The second-order valence-electron chi connectivity index (χ2n) is 5.74. The molecule has 0 nitrogen and oxygen atoms in total. The highest BCUT2D eigenvalue weighted by Gasteiger charge is 2.05. The van der Waals surface area contributed by atoms with Gasteiger partial charge in [0.05, 0.1) is 0 Å². The quantitative estimate of drug-likeness (QED) is 0.338. The molecule has 0 N–H and O–H groups in total. The Bertz CT molecular complexity index is 135. The maximum Gasteiger partial charge on any atom is -0.0417 e. The molecular weight excluding hydrogens is 204 g/mol. The summed E-state index contributed by atoms with van der Waals surface area (Å²) in [7, 11) is 0. The largest absolute Gasteiger partial charge is 0.0654 e. The molecule has 0 amide bonds. The zero-order valence-corrected chi connectivity index (χ0v) is 12.9. The molecule has 0 heterocycles. The van der Waals surface area contributed by atoms with Gasteiger partial charge in [-0.25, -0.2) is 0 Å². The maximum absolute atomic E-state index is 2.35. The molecule has 0 aliphatic heterocycles. The van der Waals surface area contributed by atoms with Gasteiger partial charge in [-0.1, -0.05) is 98.3 Å². The van der Waals surface area contributed by atoms with Gasteiger partial charge in [-0.2, -0.15) is 0 Å². The summed E-state index contributed by atoms with van der Waals surface area (Å²) in [6.07, 6.45) is 15.8. The molecule has 0 bridgehead atoms. The lowest BCUT2D eigenvalue weighted by Gasteiger charge is -2.14. The van der Waals surface area contributed by atoms with E-state index in [1.165, 1.54) is 70.6 Å². The molecule has 17 heavy (non-hydrogen) atoms. The van der Waals surface area contributed by atoms with Gasteiger partial charge in [-0.15, -0.1) is 0 Å². The summed E-state index contributed by atoms with van der Waals surface area (Å²) < 4.78 is 0. The standard InChI is InChI=1S/C17H36/c1-5-13-17(8-4)15-12-10-9-11-14-16(6-2)7-3/h16-17H,5-15H2,1-4H3. The van der Waals surface area contributed by atoms with Crippen LogP contribution in [0.15, 0.2) is 0 Å². The van der Waals surface area contributed by atoms with Crippen molar-refractivity contribution in [1.82, 2.24) is 0 Å². The first-order valence-electron chi connectivity index (χ1n) is 8.28. The Morgan fingerprint density at radius 3 is 1.41 bits per heavy atom. The van der Waals surface area contributed by atoms with Crippen LogP contribution in [-0.2, 0) is 0 Å². The molecule has 0 saturated carbocycles. The van der Waals surface area contributed by atoms with Crippen LogP contribution in [0.25, 0.3) is 0 Å². The fourth-order valence-electron chi connectivity index (χ4n) is 2.88. The Labute approximate surface area is 111 Å². The van der Waals surface area contributed by atoms with Crippen LogP contribution in [0.2, 0.25) is 0 Å². The molecule has 0 radical (unpaired) electrons. The van der Waals surface area contributed by atoms with Crippen LogP contribution in [0.5, 0.6) is 0 Å². The van der Waals surface area contributed by atoms with Gasteiger partial charge in [0.2, 0.25) is 0 Å². The first-order valence-corrected chi connectivity index (χ1v) is 8.28. The van der Waals surface area contributed by atoms with E-state index in [0.717, 1.165) is 11.8 Å². The molecule has 1 atom stereocenters. The molecule has 0 heteroatoms. The van der Waals surface area contributed by atoms with E-state index in [1.807, 2.05) is 0 Å².